The first kappa shape index (κ1) is 14.7. The smallest absolute Gasteiger partial charge is 0.261 e. The first-order chi connectivity index (χ1) is 8.67. The number of hydrogen-bond donors (Lipinski definition) is 2. The molecule has 0 bridgehead atoms. The van der Waals surface area contributed by atoms with E-state index in [4.69, 9.17) is 5.11 Å². The Morgan fingerprint density at radius 3 is 3.00 bits per heavy atom. The number of thiophene rings is 1. The number of amides is 1. The predicted molar refractivity (Wildman–Crippen MR) is 73.8 cm³/mol. The molecule has 0 unspecified atom stereocenters. The topological polar surface area (TPSA) is 52.6 Å². The van der Waals surface area contributed by atoms with Gasteiger partial charge in [0.15, 0.2) is 0 Å². The van der Waals surface area contributed by atoms with Gasteiger partial charge in [0.1, 0.15) is 6.61 Å². The van der Waals surface area contributed by atoms with Crippen LogP contribution in [-0.2, 0) is 0 Å². The highest BCUT2D eigenvalue weighted by Crippen LogP contribution is 2.14. The molecule has 0 aliphatic heterocycles. The number of aliphatic hydroxyl groups is 1. The molecule has 1 heterocycles. The lowest BCUT2D eigenvalue weighted by molar-refractivity contribution is 0.0954. The summed E-state index contributed by atoms with van der Waals surface area (Å²) in [7, 11) is 2.01. The van der Waals surface area contributed by atoms with Gasteiger partial charge in [-0.25, -0.2) is 0 Å². The minimum atomic E-state index is -0.164. The van der Waals surface area contributed by atoms with Crippen LogP contribution in [0.4, 0.5) is 0 Å². The van der Waals surface area contributed by atoms with E-state index in [1.54, 1.807) is 12.1 Å². The van der Waals surface area contributed by atoms with Crippen LogP contribution in [0.5, 0.6) is 0 Å². The molecule has 18 heavy (non-hydrogen) atoms. The second kappa shape index (κ2) is 7.88. The largest absolute Gasteiger partial charge is 0.384 e. The normalized spacial score (nSPS) is 10.0. The molecule has 0 radical (unpaired) electrons. The van der Waals surface area contributed by atoms with Crippen molar-refractivity contribution >= 4 is 17.2 Å². The molecular weight excluding hydrogens is 248 g/mol. The maximum atomic E-state index is 11.8. The average Bonchev–Trinajstić information content (AvgIpc) is 2.84. The zero-order valence-electron chi connectivity index (χ0n) is 10.7. The van der Waals surface area contributed by atoms with Crippen molar-refractivity contribution in [3.05, 3.63) is 21.9 Å². The van der Waals surface area contributed by atoms with E-state index in [0.717, 1.165) is 18.0 Å². The molecular formula is C13H18N2O2S. The fourth-order valence-electron chi connectivity index (χ4n) is 1.26. The zero-order chi connectivity index (χ0) is 13.4. The van der Waals surface area contributed by atoms with E-state index < -0.39 is 0 Å². The van der Waals surface area contributed by atoms with E-state index in [-0.39, 0.29) is 12.5 Å². The van der Waals surface area contributed by atoms with Crippen LogP contribution < -0.4 is 5.32 Å². The van der Waals surface area contributed by atoms with E-state index in [9.17, 15) is 4.79 Å². The first-order valence-corrected chi connectivity index (χ1v) is 6.65. The van der Waals surface area contributed by atoms with E-state index in [0.29, 0.717) is 11.4 Å². The van der Waals surface area contributed by atoms with Crippen molar-refractivity contribution in [2.75, 3.05) is 33.3 Å². The Morgan fingerprint density at radius 1 is 1.56 bits per heavy atom. The average molecular weight is 266 g/mol. The Morgan fingerprint density at radius 2 is 2.33 bits per heavy atom. The van der Waals surface area contributed by atoms with Gasteiger partial charge >= 0.3 is 0 Å². The minimum Gasteiger partial charge on any atom is -0.384 e. The maximum Gasteiger partial charge on any atom is 0.261 e. The molecule has 1 aromatic heterocycles. The number of aliphatic hydroxyl groups excluding tert-OH is 1. The molecule has 0 aliphatic rings. The van der Waals surface area contributed by atoms with Crippen molar-refractivity contribution in [3.63, 3.8) is 0 Å². The van der Waals surface area contributed by atoms with Crippen LogP contribution in [0.2, 0.25) is 0 Å². The summed E-state index contributed by atoms with van der Waals surface area (Å²) in [5.74, 6) is 5.28. The fraction of sp³-hybridized carbons (Fsp3) is 0.462. The highest BCUT2D eigenvalue weighted by molar-refractivity contribution is 7.14. The summed E-state index contributed by atoms with van der Waals surface area (Å²) < 4.78 is 0. The lowest BCUT2D eigenvalue weighted by Crippen LogP contribution is -2.32. The molecule has 1 amide bonds. The summed E-state index contributed by atoms with van der Waals surface area (Å²) >= 11 is 1.34. The molecule has 4 nitrogen and oxygen atoms in total. The fourth-order valence-corrected chi connectivity index (χ4v) is 2.06. The summed E-state index contributed by atoms with van der Waals surface area (Å²) in [6.45, 7) is 4.36. The number of carbonyl (C=O) groups is 1. The molecule has 0 atom stereocenters. The van der Waals surface area contributed by atoms with Gasteiger partial charge in [0.2, 0.25) is 0 Å². The van der Waals surface area contributed by atoms with Crippen LogP contribution in [0.1, 0.15) is 21.5 Å². The zero-order valence-corrected chi connectivity index (χ0v) is 11.5. The third kappa shape index (κ3) is 4.88. The summed E-state index contributed by atoms with van der Waals surface area (Å²) in [5, 5.41) is 11.4. The SMILES string of the molecule is CCN(C)CCNC(=O)c1ccc(C#CCO)s1. The van der Waals surface area contributed by atoms with Crippen molar-refractivity contribution in [2.24, 2.45) is 0 Å². The van der Waals surface area contributed by atoms with Gasteiger partial charge in [-0.1, -0.05) is 18.8 Å². The quantitative estimate of drug-likeness (QED) is 0.774. The van der Waals surface area contributed by atoms with Gasteiger partial charge in [0.25, 0.3) is 5.91 Å². The van der Waals surface area contributed by atoms with Gasteiger partial charge in [-0.3, -0.25) is 4.79 Å². The van der Waals surface area contributed by atoms with Crippen LogP contribution in [0.3, 0.4) is 0 Å². The molecule has 1 rings (SSSR count). The lowest BCUT2D eigenvalue weighted by Gasteiger charge is -2.13. The molecule has 0 spiro atoms. The third-order valence-electron chi connectivity index (χ3n) is 2.44. The van der Waals surface area contributed by atoms with Crippen LogP contribution in [-0.4, -0.2) is 49.2 Å². The molecule has 0 saturated carbocycles. The minimum absolute atomic E-state index is 0.0680. The Labute approximate surface area is 112 Å². The molecule has 98 valence electrons. The summed E-state index contributed by atoms with van der Waals surface area (Å²) in [6.07, 6.45) is 0. The molecule has 5 heteroatoms. The Hall–Kier alpha value is -1.35. The molecule has 2 N–H and O–H groups in total. The van der Waals surface area contributed by atoms with Crippen LogP contribution in [0, 0.1) is 11.8 Å². The van der Waals surface area contributed by atoms with Crippen LogP contribution in [0.25, 0.3) is 0 Å². The Kier molecular flexibility index (Phi) is 6.44. The predicted octanol–water partition coefficient (Wildman–Crippen LogP) is 0.773. The standard InChI is InChI=1S/C13H18N2O2S/c1-3-15(2)9-8-14-13(17)12-7-6-11(18-12)5-4-10-16/h6-7,16H,3,8-10H2,1-2H3,(H,14,17). The van der Waals surface area contributed by atoms with Gasteiger partial charge in [0.05, 0.1) is 9.75 Å². The highest BCUT2D eigenvalue weighted by atomic mass is 32.1. The van der Waals surface area contributed by atoms with Crippen LogP contribution in [0.15, 0.2) is 12.1 Å². The van der Waals surface area contributed by atoms with Gasteiger partial charge in [-0.15, -0.1) is 11.3 Å². The van der Waals surface area contributed by atoms with Crippen molar-refractivity contribution in [2.45, 2.75) is 6.92 Å². The van der Waals surface area contributed by atoms with E-state index in [1.807, 2.05) is 7.05 Å². The van der Waals surface area contributed by atoms with E-state index in [1.165, 1.54) is 11.3 Å². The van der Waals surface area contributed by atoms with E-state index >= 15 is 0 Å². The van der Waals surface area contributed by atoms with Gasteiger partial charge in [0, 0.05) is 13.1 Å². The molecule has 0 fully saturated rings. The van der Waals surface area contributed by atoms with Crippen molar-refractivity contribution < 1.29 is 9.90 Å². The van der Waals surface area contributed by atoms with Crippen molar-refractivity contribution in [3.8, 4) is 11.8 Å². The molecule has 1 aromatic rings. The number of likely N-dealkylation sites (N-methyl/N-ethyl adjacent to an activating group) is 1. The summed E-state index contributed by atoms with van der Waals surface area (Å²) in [6, 6.07) is 3.55. The van der Waals surface area contributed by atoms with Crippen LogP contribution >= 0.6 is 11.3 Å². The van der Waals surface area contributed by atoms with Gasteiger partial charge in [-0.05, 0) is 25.7 Å². The number of rotatable bonds is 5. The Balaban J connectivity index is 2.44. The number of carbonyl (C=O) groups excluding carboxylic acids is 1. The second-order valence-corrected chi connectivity index (χ2v) is 4.86. The summed E-state index contributed by atoms with van der Waals surface area (Å²) in [4.78, 5) is 15.4. The number of nitrogens with one attached hydrogen (secondary N) is 1. The second-order valence-electron chi connectivity index (χ2n) is 3.78. The monoisotopic (exact) mass is 266 g/mol. The maximum absolute atomic E-state index is 11.8. The van der Waals surface area contributed by atoms with E-state index in [2.05, 4.69) is 29.0 Å². The van der Waals surface area contributed by atoms with Crippen molar-refractivity contribution in [1.82, 2.24) is 10.2 Å². The van der Waals surface area contributed by atoms with Gasteiger partial charge in [-0.2, -0.15) is 0 Å². The van der Waals surface area contributed by atoms with Crippen molar-refractivity contribution in [1.29, 1.82) is 0 Å². The third-order valence-corrected chi connectivity index (χ3v) is 3.44. The lowest BCUT2D eigenvalue weighted by atomic mass is 10.4. The van der Waals surface area contributed by atoms with Gasteiger partial charge < -0.3 is 15.3 Å². The Bertz CT molecular complexity index is 445. The summed E-state index contributed by atoms with van der Waals surface area (Å²) in [5.41, 5.74) is 0. The molecule has 0 aliphatic carbocycles. The number of nitrogens with zero attached hydrogens (tertiary/aromatic N) is 1. The first-order valence-electron chi connectivity index (χ1n) is 5.83. The number of hydrogen-bond acceptors (Lipinski definition) is 4. The molecule has 0 saturated heterocycles. The highest BCUT2D eigenvalue weighted by Gasteiger charge is 2.07. The molecule has 0 aromatic carbocycles.